The molecule has 4 rings (SSSR count). The zero-order valence-corrected chi connectivity index (χ0v) is 19.0. The molecule has 0 aliphatic carbocycles. The second-order valence-corrected chi connectivity index (χ2v) is 10.5. The fourth-order valence-electron chi connectivity index (χ4n) is 3.54. The molecule has 9 heteroatoms. The zero-order chi connectivity index (χ0) is 21.8. The van der Waals surface area contributed by atoms with E-state index < -0.39 is 9.84 Å². The van der Waals surface area contributed by atoms with Gasteiger partial charge < -0.3 is 4.74 Å². The van der Waals surface area contributed by atoms with E-state index >= 15 is 0 Å². The monoisotopic (exact) mass is 459 g/mol. The van der Waals surface area contributed by atoms with E-state index in [1.54, 1.807) is 17.0 Å². The lowest BCUT2D eigenvalue weighted by Gasteiger charge is -2.27. The molecule has 0 saturated carbocycles. The van der Waals surface area contributed by atoms with Crippen LogP contribution in [0.4, 0.5) is 5.13 Å². The Morgan fingerprint density at radius 2 is 1.84 bits per heavy atom. The van der Waals surface area contributed by atoms with Crippen molar-refractivity contribution in [1.82, 2.24) is 9.88 Å². The Balaban J connectivity index is 1.56. The average molecular weight is 460 g/mol. The van der Waals surface area contributed by atoms with Crippen molar-refractivity contribution in [2.24, 2.45) is 0 Å². The molecule has 0 atom stereocenters. The van der Waals surface area contributed by atoms with Crippen molar-refractivity contribution in [2.45, 2.75) is 11.3 Å². The van der Waals surface area contributed by atoms with Crippen LogP contribution in [-0.4, -0.2) is 69.9 Å². The number of hydrogen-bond acceptors (Lipinski definition) is 7. The second-order valence-electron chi connectivity index (χ2n) is 7.53. The molecule has 1 aliphatic heterocycles. The molecule has 0 bridgehead atoms. The van der Waals surface area contributed by atoms with Crippen LogP contribution in [0.5, 0.6) is 0 Å². The normalized spacial score (nSPS) is 15.3. The number of carbonyl (C=O) groups is 1. The largest absolute Gasteiger partial charge is 0.379 e. The number of para-hydroxylation sites is 1. The Morgan fingerprint density at radius 3 is 2.52 bits per heavy atom. The Bertz CT molecular complexity index is 1120. The van der Waals surface area contributed by atoms with E-state index in [0.29, 0.717) is 17.2 Å². The molecule has 0 spiro atoms. The minimum Gasteiger partial charge on any atom is -0.379 e. The molecule has 0 N–H and O–H groups in total. The van der Waals surface area contributed by atoms with Crippen LogP contribution in [0.15, 0.2) is 53.4 Å². The molecular formula is C22H25N3O4S2. The first kappa shape index (κ1) is 21.9. The molecule has 7 nitrogen and oxygen atoms in total. The number of anilines is 1. The van der Waals surface area contributed by atoms with Crippen molar-refractivity contribution < 1.29 is 17.9 Å². The second kappa shape index (κ2) is 9.44. The van der Waals surface area contributed by atoms with Crippen LogP contribution in [-0.2, 0) is 14.6 Å². The third-order valence-corrected chi connectivity index (χ3v) is 7.44. The van der Waals surface area contributed by atoms with Gasteiger partial charge in [0, 0.05) is 38.0 Å². The number of carbonyl (C=O) groups excluding carboxylic acids is 1. The molecule has 1 aliphatic rings. The summed E-state index contributed by atoms with van der Waals surface area (Å²) in [5.74, 6) is -0.180. The number of sulfone groups is 1. The Morgan fingerprint density at radius 1 is 1.13 bits per heavy atom. The fourth-order valence-corrected chi connectivity index (χ4v) is 5.16. The topological polar surface area (TPSA) is 79.8 Å². The first-order chi connectivity index (χ1) is 14.9. The summed E-state index contributed by atoms with van der Waals surface area (Å²) < 4.78 is 29.9. The standard InChI is InChI=1S/C22H25N3O4S2/c1-31(27,28)18-9-7-17(8-10-18)21(26)25(12-4-11-24-13-15-29-16-14-24)22-23-19-5-2-3-6-20(19)30-22/h2-3,5-10H,4,11-16H2,1H3. The Hall–Kier alpha value is -2.33. The lowest BCUT2D eigenvalue weighted by Crippen LogP contribution is -2.39. The Kier molecular flexibility index (Phi) is 6.66. The van der Waals surface area contributed by atoms with Crippen molar-refractivity contribution in [3.8, 4) is 0 Å². The van der Waals surface area contributed by atoms with Crippen molar-refractivity contribution in [1.29, 1.82) is 0 Å². The van der Waals surface area contributed by atoms with E-state index in [1.165, 1.54) is 23.5 Å². The summed E-state index contributed by atoms with van der Waals surface area (Å²) in [6.07, 6.45) is 1.96. The predicted octanol–water partition coefficient (Wildman–Crippen LogP) is 3.07. The van der Waals surface area contributed by atoms with E-state index in [4.69, 9.17) is 4.74 Å². The van der Waals surface area contributed by atoms with Crippen LogP contribution in [0.3, 0.4) is 0 Å². The molecule has 0 radical (unpaired) electrons. The highest BCUT2D eigenvalue weighted by Crippen LogP contribution is 2.30. The van der Waals surface area contributed by atoms with Gasteiger partial charge in [-0.25, -0.2) is 13.4 Å². The SMILES string of the molecule is CS(=O)(=O)c1ccc(C(=O)N(CCCN2CCOCC2)c2nc3ccccc3s2)cc1. The van der Waals surface area contributed by atoms with Gasteiger partial charge in [-0.2, -0.15) is 0 Å². The van der Waals surface area contributed by atoms with Gasteiger partial charge in [0.05, 0.1) is 28.3 Å². The summed E-state index contributed by atoms with van der Waals surface area (Å²) in [4.78, 5) is 22.3. The molecule has 1 fully saturated rings. The van der Waals surface area contributed by atoms with Crippen molar-refractivity contribution in [3.63, 3.8) is 0 Å². The van der Waals surface area contributed by atoms with E-state index in [0.717, 1.165) is 55.7 Å². The van der Waals surface area contributed by atoms with E-state index in [-0.39, 0.29) is 10.8 Å². The first-order valence-corrected chi connectivity index (χ1v) is 12.9. The summed E-state index contributed by atoms with van der Waals surface area (Å²) in [5, 5.41) is 0.653. The molecule has 0 unspecified atom stereocenters. The summed E-state index contributed by atoms with van der Waals surface area (Å²) >= 11 is 1.49. The van der Waals surface area contributed by atoms with Crippen molar-refractivity contribution in [2.75, 3.05) is 50.5 Å². The first-order valence-electron chi connectivity index (χ1n) is 10.2. The van der Waals surface area contributed by atoms with Crippen LogP contribution in [0.25, 0.3) is 10.2 Å². The molecule has 1 aromatic heterocycles. The maximum absolute atomic E-state index is 13.4. The van der Waals surface area contributed by atoms with Gasteiger partial charge in [-0.1, -0.05) is 23.5 Å². The zero-order valence-electron chi connectivity index (χ0n) is 17.4. The third-order valence-electron chi connectivity index (χ3n) is 5.25. The van der Waals surface area contributed by atoms with Crippen LogP contribution < -0.4 is 4.90 Å². The number of amides is 1. The number of nitrogens with zero attached hydrogens (tertiary/aromatic N) is 3. The highest BCUT2D eigenvalue weighted by Gasteiger charge is 2.22. The maximum atomic E-state index is 13.4. The smallest absolute Gasteiger partial charge is 0.260 e. The lowest BCUT2D eigenvalue weighted by molar-refractivity contribution is 0.0376. The summed E-state index contributed by atoms with van der Waals surface area (Å²) in [6, 6.07) is 13.9. The molecular weight excluding hydrogens is 434 g/mol. The van der Waals surface area contributed by atoms with Crippen molar-refractivity contribution in [3.05, 3.63) is 54.1 Å². The molecule has 3 aromatic rings. The van der Waals surface area contributed by atoms with Gasteiger partial charge in [-0.15, -0.1) is 0 Å². The highest BCUT2D eigenvalue weighted by molar-refractivity contribution is 7.90. The fraction of sp³-hybridized carbons (Fsp3) is 0.364. The molecule has 31 heavy (non-hydrogen) atoms. The van der Waals surface area contributed by atoms with Crippen molar-refractivity contribution >= 4 is 42.4 Å². The van der Waals surface area contributed by atoms with Crippen LogP contribution >= 0.6 is 11.3 Å². The number of rotatable bonds is 7. The maximum Gasteiger partial charge on any atom is 0.260 e. The predicted molar refractivity (Wildman–Crippen MR) is 123 cm³/mol. The third kappa shape index (κ3) is 5.30. The number of benzene rings is 2. The summed E-state index contributed by atoms with van der Waals surface area (Å²) in [7, 11) is -3.31. The average Bonchev–Trinajstić information content (AvgIpc) is 3.20. The minimum absolute atomic E-state index is 0.180. The Labute approximate surface area is 186 Å². The van der Waals surface area contributed by atoms with Gasteiger partial charge in [-0.3, -0.25) is 14.6 Å². The number of morpholine rings is 1. The number of fused-ring (bicyclic) bond motifs is 1. The van der Waals surface area contributed by atoms with E-state index in [2.05, 4.69) is 9.88 Å². The van der Waals surface area contributed by atoms with Gasteiger partial charge in [0.2, 0.25) is 0 Å². The molecule has 1 amide bonds. The lowest BCUT2D eigenvalue weighted by atomic mass is 10.2. The number of ether oxygens (including phenoxy) is 1. The van der Waals surface area contributed by atoms with Gasteiger partial charge in [0.25, 0.3) is 5.91 Å². The van der Waals surface area contributed by atoms with Crippen LogP contribution in [0.2, 0.25) is 0 Å². The van der Waals surface area contributed by atoms with Crippen LogP contribution in [0, 0.1) is 0 Å². The molecule has 1 saturated heterocycles. The van der Waals surface area contributed by atoms with Gasteiger partial charge in [0.15, 0.2) is 15.0 Å². The number of hydrogen-bond donors (Lipinski definition) is 0. The van der Waals surface area contributed by atoms with E-state index in [9.17, 15) is 13.2 Å². The summed E-state index contributed by atoms with van der Waals surface area (Å²) in [6.45, 7) is 4.71. The highest BCUT2D eigenvalue weighted by atomic mass is 32.2. The van der Waals surface area contributed by atoms with Crippen LogP contribution in [0.1, 0.15) is 16.8 Å². The van der Waals surface area contributed by atoms with E-state index in [1.807, 2.05) is 24.3 Å². The van der Waals surface area contributed by atoms with Gasteiger partial charge >= 0.3 is 0 Å². The number of thiazole rings is 1. The van der Waals surface area contributed by atoms with Gasteiger partial charge in [-0.05, 0) is 42.8 Å². The molecule has 2 aromatic carbocycles. The quantitative estimate of drug-likeness (QED) is 0.540. The molecule has 164 valence electrons. The number of aromatic nitrogens is 1. The molecule has 2 heterocycles. The minimum atomic E-state index is -3.31. The van der Waals surface area contributed by atoms with Gasteiger partial charge in [0.1, 0.15) is 0 Å². The summed E-state index contributed by atoms with van der Waals surface area (Å²) in [5.41, 5.74) is 1.30.